The van der Waals surface area contributed by atoms with Crippen molar-refractivity contribution >= 4 is 9.24 Å². The first-order chi connectivity index (χ1) is 4.66. The third kappa shape index (κ3) is 6.55. The van der Waals surface area contributed by atoms with E-state index in [2.05, 4.69) is 30.0 Å². The highest BCUT2D eigenvalue weighted by atomic mass is 31.0. The summed E-state index contributed by atoms with van der Waals surface area (Å²) in [7, 11) is 2.95. The van der Waals surface area contributed by atoms with Crippen molar-refractivity contribution in [3.05, 3.63) is 0 Å². The molecular weight excluding hydrogens is 139 g/mol. The molecule has 0 bridgehead atoms. The third-order valence-electron chi connectivity index (χ3n) is 1.70. The smallest absolute Gasteiger partial charge is 0.0262 e. The van der Waals surface area contributed by atoms with Crippen LogP contribution in [0.1, 0.15) is 46.5 Å². The summed E-state index contributed by atoms with van der Waals surface area (Å²) in [6.07, 6.45) is 5.48. The standard InChI is InChI=1S/C9H21P/c1-4-5-6-9(10)7-8(2)3/h8-9H,4-7,10H2,1-3H3. The molecule has 0 rings (SSSR count). The molecule has 0 heterocycles. The van der Waals surface area contributed by atoms with Crippen molar-refractivity contribution in [2.75, 3.05) is 0 Å². The van der Waals surface area contributed by atoms with Crippen molar-refractivity contribution in [1.82, 2.24) is 0 Å². The molecule has 2 atom stereocenters. The van der Waals surface area contributed by atoms with Crippen molar-refractivity contribution in [1.29, 1.82) is 0 Å². The zero-order chi connectivity index (χ0) is 7.98. The lowest BCUT2D eigenvalue weighted by atomic mass is 10.0. The molecule has 62 valence electrons. The van der Waals surface area contributed by atoms with E-state index in [9.17, 15) is 0 Å². The molecule has 10 heavy (non-hydrogen) atoms. The van der Waals surface area contributed by atoms with Crippen molar-refractivity contribution in [3.63, 3.8) is 0 Å². The molecule has 0 amide bonds. The van der Waals surface area contributed by atoms with Crippen LogP contribution in [0, 0.1) is 5.92 Å². The van der Waals surface area contributed by atoms with Gasteiger partial charge in [-0.15, -0.1) is 9.24 Å². The monoisotopic (exact) mass is 160 g/mol. The normalized spacial score (nSPS) is 14.1. The second-order valence-electron chi connectivity index (χ2n) is 3.53. The minimum absolute atomic E-state index is 0.861. The molecule has 0 nitrogen and oxygen atoms in total. The van der Waals surface area contributed by atoms with Crippen LogP contribution >= 0.6 is 9.24 Å². The summed E-state index contributed by atoms with van der Waals surface area (Å²) >= 11 is 0. The maximum absolute atomic E-state index is 2.95. The van der Waals surface area contributed by atoms with Crippen LogP contribution in [0.5, 0.6) is 0 Å². The van der Waals surface area contributed by atoms with Gasteiger partial charge in [0, 0.05) is 0 Å². The number of rotatable bonds is 5. The van der Waals surface area contributed by atoms with E-state index in [-0.39, 0.29) is 0 Å². The Kier molecular flexibility index (Phi) is 6.43. The lowest BCUT2D eigenvalue weighted by Crippen LogP contribution is -2.01. The van der Waals surface area contributed by atoms with Crippen LogP contribution in [0.25, 0.3) is 0 Å². The average molecular weight is 160 g/mol. The highest BCUT2D eigenvalue weighted by molar-refractivity contribution is 7.17. The second kappa shape index (κ2) is 6.16. The highest BCUT2D eigenvalue weighted by Gasteiger charge is 2.03. The molecule has 0 saturated carbocycles. The van der Waals surface area contributed by atoms with E-state index in [1.807, 2.05) is 0 Å². The van der Waals surface area contributed by atoms with E-state index in [4.69, 9.17) is 0 Å². The minimum Gasteiger partial charge on any atom is -0.134 e. The van der Waals surface area contributed by atoms with Crippen molar-refractivity contribution < 1.29 is 0 Å². The molecule has 2 unspecified atom stereocenters. The van der Waals surface area contributed by atoms with Crippen molar-refractivity contribution in [2.24, 2.45) is 5.92 Å². The first-order valence-corrected chi connectivity index (χ1v) is 5.09. The Morgan fingerprint density at radius 1 is 1.30 bits per heavy atom. The molecule has 0 aromatic heterocycles. The molecule has 0 aliphatic carbocycles. The van der Waals surface area contributed by atoms with Gasteiger partial charge in [-0.05, 0) is 24.4 Å². The molecule has 0 spiro atoms. The first kappa shape index (κ1) is 10.4. The Bertz CT molecular complexity index is 69.1. The summed E-state index contributed by atoms with van der Waals surface area (Å²) in [4.78, 5) is 0. The molecule has 0 saturated heterocycles. The lowest BCUT2D eigenvalue weighted by molar-refractivity contribution is 0.536. The zero-order valence-electron chi connectivity index (χ0n) is 7.56. The van der Waals surface area contributed by atoms with Gasteiger partial charge in [0.15, 0.2) is 0 Å². The van der Waals surface area contributed by atoms with Gasteiger partial charge in [-0.3, -0.25) is 0 Å². The third-order valence-corrected chi connectivity index (χ3v) is 2.31. The summed E-state index contributed by atoms with van der Waals surface area (Å²) in [5.74, 6) is 0.861. The average Bonchev–Trinajstić information content (AvgIpc) is 1.82. The molecule has 0 fully saturated rings. The molecule has 0 radical (unpaired) electrons. The molecule has 0 aromatic rings. The van der Waals surface area contributed by atoms with Crippen LogP contribution in [0.3, 0.4) is 0 Å². The molecule has 0 aliphatic rings. The highest BCUT2D eigenvalue weighted by Crippen LogP contribution is 2.18. The van der Waals surface area contributed by atoms with E-state index in [0.29, 0.717) is 0 Å². The van der Waals surface area contributed by atoms with Crippen LogP contribution in [-0.2, 0) is 0 Å². The van der Waals surface area contributed by atoms with Crippen LogP contribution in [0.4, 0.5) is 0 Å². The quantitative estimate of drug-likeness (QED) is 0.540. The van der Waals surface area contributed by atoms with Crippen LogP contribution in [-0.4, -0.2) is 5.66 Å². The fraction of sp³-hybridized carbons (Fsp3) is 1.00. The topological polar surface area (TPSA) is 0 Å². The number of hydrogen-bond donors (Lipinski definition) is 0. The van der Waals surface area contributed by atoms with E-state index < -0.39 is 0 Å². The maximum Gasteiger partial charge on any atom is -0.0262 e. The van der Waals surface area contributed by atoms with Gasteiger partial charge in [-0.25, -0.2) is 0 Å². The second-order valence-corrected chi connectivity index (χ2v) is 4.47. The van der Waals surface area contributed by atoms with Gasteiger partial charge in [0.1, 0.15) is 0 Å². The van der Waals surface area contributed by atoms with E-state index in [1.54, 1.807) is 0 Å². The summed E-state index contributed by atoms with van der Waals surface area (Å²) in [5.41, 5.74) is 0.861. The Labute approximate surface area is 68.0 Å². The number of unbranched alkanes of at least 4 members (excludes halogenated alkanes) is 1. The van der Waals surface area contributed by atoms with Gasteiger partial charge in [-0.1, -0.05) is 33.6 Å². The molecular formula is C9H21P. The Balaban J connectivity index is 3.16. The summed E-state index contributed by atoms with van der Waals surface area (Å²) in [6, 6.07) is 0. The van der Waals surface area contributed by atoms with Gasteiger partial charge in [0.05, 0.1) is 0 Å². The van der Waals surface area contributed by atoms with Gasteiger partial charge in [-0.2, -0.15) is 0 Å². The Hall–Kier alpha value is 0.430. The zero-order valence-corrected chi connectivity index (χ0v) is 8.72. The summed E-state index contributed by atoms with van der Waals surface area (Å²) in [5, 5.41) is 0. The van der Waals surface area contributed by atoms with Gasteiger partial charge in [0.2, 0.25) is 0 Å². The largest absolute Gasteiger partial charge is 0.134 e. The van der Waals surface area contributed by atoms with Gasteiger partial charge in [0.25, 0.3) is 0 Å². The predicted octanol–water partition coefficient (Wildman–Crippen LogP) is 3.47. The van der Waals surface area contributed by atoms with Gasteiger partial charge < -0.3 is 0 Å². The molecule has 0 N–H and O–H groups in total. The van der Waals surface area contributed by atoms with Crippen LogP contribution in [0.15, 0.2) is 0 Å². The summed E-state index contributed by atoms with van der Waals surface area (Å²) < 4.78 is 0. The van der Waals surface area contributed by atoms with E-state index in [1.165, 1.54) is 25.7 Å². The van der Waals surface area contributed by atoms with Gasteiger partial charge >= 0.3 is 0 Å². The maximum atomic E-state index is 2.95. The number of hydrogen-bond acceptors (Lipinski definition) is 0. The fourth-order valence-corrected chi connectivity index (χ4v) is 1.97. The fourth-order valence-electron chi connectivity index (χ4n) is 1.19. The minimum atomic E-state index is 0.861. The van der Waals surface area contributed by atoms with Crippen molar-refractivity contribution in [3.8, 4) is 0 Å². The first-order valence-electron chi connectivity index (χ1n) is 4.42. The van der Waals surface area contributed by atoms with E-state index >= 15 is 0 Å². The Morgan fingerprint density at radius 2 is 1.90 bits per heavy atom. The van der Waals surface area contributed by atoms with E-state index in [0.717, 1.165) is 11.6 Å². The molecule has 0 aromatic carbocycles. The van der Waals surface area contributed by atoms with Crippen LogP contribution in [0.2, 0.25) is 0 Å². The molecule has 0 aliphatic heterocycles. The SMILES string of the molecule is CCCCC(P)CC(C)C. The molecule has 1 heteroatoms. The van der Waals surface area contributed by atoms with Crippen LogP contribution < -0.4 is 0 Å². The lowest BCUT2D eigenvalue weighted by Gasteiger charge is -2.12. The Morgan fingerprint density at radius 3 is 2.30 bits per heavy atom. The summed E-state index contributed by atoms with van der Waals surface area (Å²) in [6.45, 7) is 6.85. The van der Waals surface area contributed by atoms with Crippen molar-refractivity contribution in [2.45, 2.75) is 52.1 Å². The predicted molar refractivity (Wildman–Crippen MR) is 52.5 cm³/mol.